The van der Waals surface area contributed by atoms with Crippen LogP contribution in [-0.4, -0.2) is 32.1 Å². The normalized spacial score (nSPS) is 13.2. The number of ether oxygens (including phenoxy) is 1. The molecule has 2 N–H and O–H groups in total. The predicted octanol–water partition coefficient (Wildman–Crippen LogP) is 2.08. The molecule has 0 aliphatic heterocycles. The number of rotatable bonds is 5. The number of nitrogens with one attached hydrogen (secondary N) is 2. The van der Waals surface area contributed by atoms with E-state index in [4.69, 9.17) is 9.15 Å². The highest BCUT2D eigenvalue weighted by atomic mass is 16.5. The summed E-state index contributed by atoms with van der Waals surface area (Å²) in [6.07, 6.45) is 0. The number of carbonyl (C=O) groups is 1. The van der Waals surface area contributed by atoms with Crippen molar-refractivity contribution < 1.29 is 13.9 Å². The van der Waals surface area contributed by atoms with Crippen LogP contribution < -0.4 is 10.6 Å². The summed E-state index contributed by atoms with van der Waals surface area (Å²) in [5.74, 6) is 2.02. The van der Waals surface area contributed by atoms with Crippen LogP contribution in [0.3, 0.4) is 0 Å². The Labute approximate surface area is 126 Å². The lowest BCUT2D eigenvalue weighted by Crippen LogP contribution is -2.43. The molecule has 0 saturated heterocycles. The molecule has 0 amide bonds. The SMILES string of the molecule is CN=C(NCc1cc(C(=O)OC)c(C)o1)NC(C)C(C)C. The molecule has 1 atom stereocenters. The summed E-state index contributed by atoms with van der Waals surface area (Å²) in [6.45, 7) is 8.57. The molecule has 6 nitrogen and oxygen atoms in total. The molecule has 0 aliphatic carbocycles. The second-order valence-electron chi connectivity index (χ2n) is 5.28. The summed E-state index contributed by atoms with van der Waals surface area (Å²) in [5, 5.41) is 6.46. The number of hydrogen-bond acceptors (Lipinski definition) is 4. The van der Waals surface area contributed by atoms with Crippen molar-refractivity contribution >= 4 is 11.9 Å². The lowest BCUT2D eigenvalue weighted by molar-refractivity contribution is 0.0599. The van der Waals surface area contributed by atoms with Crippen LogP contribution in [0, 0.1) is 12.8 Å². The minimum absolute atomic E-state index is 0.306. The fourth-order valence-electron chi connectivity index (χ4n) is 1.69. The Balaban J connectivity index is 2.64. The predicted molar refractivity (Wildman–Crippen MR) is 82.4 cm³/mol. The maximum absolute atomic E-state index is 11.5. The number of carbonyl (C=O) groups excluding carboxylic acids is 1. The molecule has 1 aromatic rings. The quantitative estimate of drug-likeness (QED) is 0.494. The number of aryl methyl sites for hydroxylation is 1. The minimum atomic E-state index is -0.390. The van der Waals surface area contributed by atoms with Crippen LogP contribution >= 0.6 is 0 Å². The molecule has 1 rings (SSSR count). The average molecular weight is 295 g/mol. The fourth-order valence-corrected chi connectivity index (χ4v) is 1.69. The highest BCUT2D eigenvalue weighted by Gasteiger charge is 2.15. The Morgan fingerprint density at radius 2 is 2.10 bits per heavy atom. The van der Waals surface area contributed by atoms with E-state index >= 15 is 0 Å². The highest BCUT2D eigenvalue weighted by molar-refractivity contribution is 5.90. The van der Waals surface area contributed by atoms with Gasteiger partial charge in [-0.2, -0.15) is 0 Å². The van der Waals surface area contributed by atoms with Crippen molar-refractivity contribution in [3.63, 3.8) is 0 Å². The number of nitrogens with zero attached hydrogens (tertiary/aromatic N) is 1. The van der Waals surface area contributed by atoms with Gasteiger partial charge in [0.1, 0.15) is 17.1 Å². The first-order valence-corrected chi connectivity index (χ1v) is 7.03. The van der Waals surface area contributed by atoms with Crippen molar-refractivity contribution in [2.75, 3.05) is 14.2 Å². The Morgan fingerprint density at radius 3 is 2.62 bits per heavy atom. The Bertz CT molecular complexity index is 506. The van der Waals surface area contributed by atoms with E-state index in [1.165, 1.54) is 7.11 Å². The van der Waals surface area contributed by atoms with Crippen LogP contribution in [0.1, 0.15) is 42.6 Å². The monoisotopic (exact) mass is 295 g/mol. The van der Waals surface area contributed by atoms with Gasteiger partial charge in [-0.1, -0.05) is 13.8 Å². The number of furan rings is 1. The van der Waals surface area contributed by atoms with E-state index in [0.29, 0.717) is 41.5 Å². The van der Waals surface area contributed by atoms with Crippen LogP contribution in [-0.2, 0) is 11.3 Å². The standard InChI is InChI=1S/C15H25N3O3/c1-9(2)10(3)18-15(16-5)17-8-12-7-13(11(4)21-12)14(19)20-6/h7,9-10H,8H2,1-6H3,(H2,16,17,18). The van der Waals surface area contributed by atoms with Crippen LogP contribution in [0.15, 0.2) is 15.5 Å². The molecule has 1 heterocycles. The first kappa shape index (κ1) is 17.1. The topological polar surface area (TPSA) is 75.9 Å². The van der Waals surface area contributed by atoms with Gasteiger partial charge in [0.05, 0.1) is 13.7 Å². The third kappa shape index (κ3) is 4.81. The van der Waals surface area contributed by atoms with Crippen molar-refractivity contribution in [1.82, 2.24) is 10.6 Å². The molecular formula is C15H25N3O3. The molecule has 0 spiro atoms. The summed E-state index contributed by atoms with van der Waals surface area (Å²) >= 11 is 0. The van der Waals surface area contributed by atoms with Gasteiger partial charge in [0, 0.05) is 13.1 Å². The molecule has 0 bridgehead atoms. The number of guanidine groups is 1. The van der Waals surface area contributed by atoms with Gasteiger partial charge in [-0.05, 0) is 25.8 Å². The molecule has 0 aromatic carbocycles. The second-order valence-corrected chi connectivity index (χ2v) is 5.28. The van der Waals surface area contributed by atoms with Crippen molar-refractivity contribution in [1.29, 1.82) is 0 Å². The molecular weight excluding hydrogens is 270 g/mol. The zero-order valence-electron chi connectivity index (χ0n) is 13.6. The van der Waals surface area contributed by atoms with Crippen molar-refractivity contribution in [3.05, 3.63) is 23.2 Å². The van der Waals surface area contributed by atoms with Gasteiger partial charge >= 0.3 is 5.97 Å². The van der Waals surface area contributed by atoms with Gasteiger partial charge in [-0.25, -0.2) is 4.79 Å². The summed E-state index contributed by atoms with van der Waals surface area (Å²) in [5.41, 5.74) is 0.452. The number of aliphatic imine (C=N–C) groups is 1. The van der Waals surface area contributed by atoms with Crippen LogP contribution in [0.25, 0.3) is 0 Å². The average Bonchev–Trinajstić information content (AvgIpc) is 2.83. The molecule has 0 radical (unpaired) electrons. The van der Waals surface area contributed by atoms with E-state index in [0.717, 1.165) is 0 Å². The zero-order valence-corrected chi connectivity index (χ0v) is 13.6. The molecule has 0 aliphatic rings. The summed E-state index contributed by atoms with van der Waals surface area (Å²) in [7, 11) is 3.07. The van der Waals surface area contributed by atoms with Gasteiger partial charge in [-0.3, -0.25) is 4.99 Å². The largest absolute Gasteiger partial charge is 0.465 e. The minimum Gasteiger partial charge on any atom is -0.465 e. The van der Waals surface area contributed by atoms with Gasteiger partial charge in [-0.15, -0.1) is 0 Å². The fraction of sp³-hybridized carbons (Fsp3) is 0.600. The van der Waals surface area contributed by atoms with Gasteiger partial charge in [0.25, 0.3) is 0 Å². The van der Waals surface area contributed by atoms with Gasteiger partial charge in [0.2, 0.25) is 0 Å². The molecule has 1 unspecified atom stereocenters. The van der Waals surface area contributed by atoms with E-state index in [-0.39, 0.29) is 0 Å². The summed E-state index contributed by atoms with van der Waals surface area (Å²) in [4.78, 5) is 15.7. The lowest BCUT2D eigenvalue weighted by Gasteiger charge is -2.20. The van der Waals surface area contributed by atoms with E-state index < -0.39 is 5.97 Å². The number of hydrogen-bond donors (Lipinski definition) is 2. The van der Waals surface area contributed by atoms with Crippen LogP contribution in [0.2, 0.25) is 0 Å². The first-order chi connectivity index (χ1) is 9.88. The smallest absolute Gasteiger partial charge is 0.341 e. The molecule has 1 aromatic heterocycles. The van der Waals surface area contributed by atoms with Crippen LogP contribution in [0.5, 0.6) is 0 Å². The Hall–Kier alpha value is -1.98. The third-order valence-corrected chi connectivity index (χ3v) is 3.39. The maximum Gasteiger partial charge on any atom is 0.341 e. The Kier molecular flexibility index (Phi) is 6.27. The summed E-state index contributed by atoms with van der Waals surface area (Å²) < 4.78 is 10.2. The third-order valence-electron chi connectivity index (χ3n) is 3.39. The van der Waals surface area contributed by atoms with E-state index in [2.05, 4.69) is 36.4 Å². The van der Waals surface area contributed by atoms with Crippen molar-refractivity contribution in [2.24, 2.45) is 10.9 Å². The van der Waals surface area contributed by atoms with E-state index in [9.17, 15) is 4.79 Å². The van der Waals surface area contributed by atoms with Crippen molar-refractivity contribution in [2.45, 2.75) is 40.3 Å². The molecule has 118 valence electrons. The van der Waals surface area contributed by atoms with E-state index in [1.807, 2.05) is 0 Å². The highest BCUT2D eigenvalue weighted by Crippen LogP contribution is 2.15. The number of methoxy groups -OCH3 is 1. The molecule has 0 fully saturated rings. The maximum atomic E-state index is 11.5. The first-order valence-electron chi connectivity index (χ1n) is 7.03. The van der Waals surface area contributed by atoms with Gasteiger partial charge in [0.15, 0.2) is 5.96 Å². The van der Waals surface area contributed by atoms with E-state index in [1.54, 1.807) is 20.0 Å². The molecule has 0 saturated carbocycles. The van der Waals surface area contributed by atoms with Gasteiger partial charge < -0.3 is 19.8 Å². The molecule has 6 heteroatoms. The Morgan fingerprint density at radius 1 is 1.43 bits per heavy atom. The summed E-state index contributed by atoms with van der Waals surface area (Å²) in [6, 6.07) is 1.99. The zero-order chi connectivity index (χ0) is 16.0. The molecule has 21 heavy (non-hydrogen) atoms. The number of esters is 1. The van der Waals surface area contributed by atoms with Crippen molar-refractivity contribution in [3.8, 4) is 0 Å². The lowest BCUT2D eigenvalue weighted by atomic mass is 10.1. The van der Waals surface area contributed by atoms with Crippen LogP contribution in [0.4, 0.5) is 0 Å². The second kappa shape index (κ2) is 7.71.